The number of rotatable bonds is 6. The number of aromatic hydroxyl groups is 1. The number of carboxylic acids is 1. The van der Waals surface area contributed by atoms with Crippen LogP contribution in [0.3, 0.4) is 0 Å². The summed E-state index contributed by atoms with van der Waals surface area (Å²) in [4.78, 5) is 10.8. The van der Waals surface area contributed by atoms with Gasteiger partial charge in [0.2, 0.25) is 0 Å². The van der Waals surface area contributed by atoms with Gasteiger partial charge in [-0.05, 0) is 42.0 Å². The standard InChI is InChI=1S/C20H16N2O4/c23-19-11-10-17(26-13-14-4-2-1-3-5-14)12-18(19)22-21-16-8-6-15(7-9-16)20(24)25/h1-12,23H,13H2,(H,24,25). The summed E-state index contributed by atoms with van der Waals surface area (Å²) in [5, 5.41) is 26.8. The second-order valence-corrected chi connectivity index (χ2v) is 5.48. The van der Waals surface area contributed by atoms with Gasteiger partial charge in [-0.15, -0.1) is 5.11 Å². The zero-order chi connectivity index (χ0) is 18.4. The molecule has 130 valence electrons. The second kappa shape index (κ2) is 7.94. The molecule has 0 spiro atoms. The van der Waals surface area contributed by atoms with Crippen molar-refractivity contribution in [1.82, 2.24) is 0 Å². The summed E-state index contributed by atoms with van der Waals surface area (Å²) in [5.74, 6) is -0.473. The molecule has 0 radical (unpaired) electrons. The molecule has 2 N–H and O–H groups in total. The van der Waals surface area contributed by atoms with Crippen LogP contribution in [-0.4, -0.2) is 16.2 Å². The van der Waals surface area contributed by atoms with Crippen molar-refractivity contribution in [3.05, 3.63) is 83.9 Å². The highest BCUT2D eigenvalue weighted by Crippen LogP contribution is 2.32. The van der Waals surface area contributed by atoms with E-state index in [9.17, 15) is 9.90 Å². The van der Waals surface area contributed by atoms with Gasteiger partial charge < -0.3 is 14.9 Å². The first kappa shape index (κ1) is 17.2. The summed E-state index contributed by atoms with van der Waals surface area (Å²) in [7, 11) is 0. The van der Waals surface area contributed by atoms with Gasteiger partial charge in [-0.1, -0.05) is 30.3 Å². The van der Waals surface area contributed by atoms with E-state index < -0.39 is 5.97 Å². The molecule has 0 saturated heterocycles. The summed E-state index contributed by atoms with van der Waals surface area (Å²) in [6.45, 7) is 0.402. The fraction of sp³-hybridized carbons (Fsp3) is 0.0500. The minimum absolute atomic E-state index is 0.0250. The van der Waals surface area contributed by atoms with Gasteiger partial charge in [0, 0.05) is 6.07 Å². The molecule has 6 heteroatoms. The molecule has 0 fully saturated rings. The maximum Gasteiger partial charge on any atom is 0.335 e. The topological polar surface area (TPSA) is 91.5 Å². The number of nitrogens with zero attached hydrogens (tertiary/aromatic N) is 2. The van der Waals surface area contributed by atoms with Crippen LogP contribution in [-0.2, 0) is 6.61 Å². The van der Waals surface area contributed by atoms with E-state index in [0.29, 0.717) is 18.0 Å². The predicted octanol–water partition coefficient (Wildman–Crippen LogP) is 5.08. The molecular weight excluding hydrogens is 332 g/mol. The van der Waals surface area contributed by atoms with Gasteiger partial charge in [0.1, 0.15) is 23.8 Å². The maximum absolute atomic E-state index is 10.8. The molecule has 0 aromatic heterocycles. The number of ether oxygens (including phenoxy) is 1. The van der Waals surface area contributed by atoms with Gasteiger partial charge in [0.25, 0.3) is 0 Å². The molecule has 0 aliphatic rings. The molecular formula is C20H16N2O4. The summed E-state index contributed by atoms with van der Waals surface area (Å²) >= 11 is 0. The van der Waals surface area contributed by atoms with Crippen LogP contribution in [0, 0.1) is 0 Å². The minimum atomic E-state index is -1.01. The minimum Gasteiger partial charge on any atom is -0.506 e. The number of hydrogen-bond donors (Lipinski definition) is 2. The third-order valence-electron chi connectivity index (χ3n) is 3.58. The number of phenols is 1. The third kappa shape index (κ3) is 4.45. The summed E-state index contributed by atoms with van der Waals surface area (Å²) in [6, 6.07) is 20.4. The SMILES string of the molecule is O=C(O)c1ccc(N=Nc2cc(OCc3ccccc3)ccc2O)cc1. The largest absolute Gasteiger partial charge is 0.506 e. The van der Waals surface area contributed by atoms with E-state index in [1.807, 2.05) is 30.3 Å². The molecule has 0 amide bonds. The van der Waals surface area contributed by atoms with E-state index in [-0.39, 0.29) is 17.0 Å². The molecule has 3 rings (SSSR count). The van der Waals surface area contributed by atoms with E-state index in [1.54, 1.807) is 24.3 Å². The monoisotopic (exact) mass is 348 g/mol. The number of carbonyl (C=O) groups is 1. The summed E-state index contributed by atoms with van der Waals surface area (Å²) in [6.07, 6.45) is 0. The number of phenolic OH excluding ortho intramolecular Hbond substituents is 1. The zero-order valence-electron chi connectivity index (χ0n) is 13.7. The molecule has 3 aromatic carbocycles. The van der Waals surface area contributed by atoms with E-state index in [4.69, 9.17) is 9.84 Å². The lowest BCUT2D eigenvalue weighted by atomic mass is 10.2. The Morgan fingerprint density at radius 3 is 2.35 bits per heavy atom. The first-order valence-corrected chi connectivity index (χ1v) is 7.86. The highest BCUT2D eigenvalue weighted by atomic mass is 16.5. The van der Waals surface area contributed by atoms with E-state index >= 15 is 0 Å². The van der Waals surface area contributed by atoms with Gasteiger partial charge in [0.05, 0.1) is 11.3 Å². The van der Waals surface area contributed by atoms with E-state index in [1.165, 1.54) is 18.2 Å². The summed E-state index contributed by atoms with van der Waals surface area (Å²) in [5.41, 5.74) is 1.94. The zero-order valence-corrected chi connectivity index (χ0v) is 13.7. The van der Waals surface area contributed by atoms with Gasteiger partial charge in [-0.2, -0.15) is 5.11 Å². The molecule has 0 atom stereocenters. The van der Waals surface area contributed by atoms with Crippen LogP contribution < -0.4 is 4.74 Å². The van der Waals surface area contributed by atoms with Gasteiger partial charge in [-0.25, -0.2) is 4.79 Å². The molecule has 0 heterocycles. The lowest BCUT2D eigenvalue weighted by Crippen LogP contribution is -1.94. The molecule has 0 unspecified atom stereocenters. The lowest BCUT2D eigenvalue weighted by Gasteiger charge is -2.07. The molecule has 26 heavy (non-hydrogen) atoms. The molecule has 3 aromatic rings. The van der Waals surface area contributed by atoms with Crippen LogP contribution >= 0.6 is 0 Å². The fourth-order valence-corrected chi connectivity index (χ4v) is 2.20. The van der Waals surface area contributed by atoms with Crippen molar-refractivity contribution in [3.8, 4) is 11.5 Å². The van der Waals surface area contributed by atoms with Crippen molar-refractivity contribution >= 4 is 17.3 Å². The van der Waals surface area contributed by atoms with E-state index in [2.05, 4.69) is 10.2 Å². The Bertz CT molecular complexity index is 922. The van der Waals surface area contributed by atoms with Crippen LogP contribution in [0.2, 0.25) is 0 Å². The van der Waals surface area contributed by atoms with Crippen molar-refractivity contribution in [2.24, 2.45) is 10.2 Å². The average Bonchev–Trinajstić information content (AvgIpc) is 2.67. The van der Waals surface area contributed by atoms with Crippen LogP contribution in [0.15, 0.2) is 83.0 Å². The van der Waals surface area contributed by atoms with Crippen LogP contribution in [0.1, 0.15) is 15.9 Å². The average molecular weight is 348 g/mol. The van der Waals surface area contributed by atoms with Crippen molar-refractivity contribution < 1.29 is 19.7 Å². The Kier molecular flexibility index (Phi) is 5.24. The second-order valence-electron chi connectivity index (χ2n) is 5.48. The highest BCUT2D eigenvalue weighted by Gasteiger charge is 2.05. The molecule has 0 aliphatic heterocycles. The molecule has 6 nitrogen and oxygen atoms in total. The third-order valence-corrected chi connectivity index (χ3v) is 3.58. The van der Waals surface area contributed by atoms with Crippen LogP contribution in [0.25, 0.3) is 0 Å². The van der Waals surface area contributed by atoms with Crippen LogP contribution in [0.5, 0.6) is 11.5 Å². The first-order valence-electron chi connectivity index (χ1n) is 7.86. The maximum atomic E-state index is 10.8. The van der Waals surface area contributed by atoms with Crippen molar-refractivity contribution in [2.45, 2.75) is 6.61 Å². The highest BCUT2D eigenvalue weighted by molar-refractivity contribution is 5.87. The Hall–Kier alpha value is -3.67. The Labute approximate surface area is 150 Å². The quantitative estimate of drug-likeness (QED) is 0.607. The number of carboxylic acid groups (broad SMARTS) is 1. The smallest absolute Gasteiger partial charge is 0.335 e. The fourth-order valence-electron chi connectivity index (χ4n) is 2.20. The Morgan fingerprint density at radius 2 is 1.65 bits per heavy atom. The number of azo groups is 1. The number of hydrogen-bond acceptors (Lipinski definition) is 5. The molecule has 0 aliphatic carbocycles. The first-order chi connectivity index (χ1) is 12.6. The van der Waals surface area contributed by atoms with Gasteiger partial charge in [-0.3, -0.25) is 0 Å². The number of aromatic carboxylic acids is 1. The molecule has 0 saturated carbocycles. The predicted molar refractivity (Wildman–Crippen MR) is 96.5 cm³/mol. The lowest BCUT2D eigenvalue weighted by molar-refractivity contribution is 0.0697. The van der Waals surface area contributed by atoms with E-state index in [0.717, 1.165) is 5.56 Å². The van der Waals surface area contributed by atoms with Gasteiger partial charge in [0.15, 0.2) is 0 Å². The van der Waals surface area contributed by atoms with Crippen molar-refractivity contribution in [3.63, 3.8) is 0 Å². The number of benzene rings is 3. The Balaban J connectivity index is 1.71. The summed E-state index contributed by atoms with van der Waals surface area (Å²) < 4.78 is 5.70. The normalized spacial score (nSPS) is 10.8. The van der Waals surface area contributed by atoms with Crippen molar-refractivity contribution in [1.29, 1.82) is 0 Å². The van der Waals surface area contributed by atoms with Crippen LogP contribution in [0.4, 0.5) is 11.4 Å². The van der Waals surface area contributed by atoms with Gasteiger partial charge >= 0.3 is 5.97 Å². The Morgan fingerprint density at radius 1 is 0.923 bits per heavy atom. The molecule has 0 bridgehead atoms. The van der Waals surface area contributed by atoms with Crippen molar-refractivity contribution in [2.75, 3.05) is 0 Å².